The summed E-state index contributed by atoms with van der Waals surface area (Å²) in [5, 5.41) is 12.7. The van der Waals surface area contributed by atoms with E-state index < -0.39 is 39.9 Å². The van der Waals surface area contributed by atoms with Crippen LogP contribution < -0.4 is 11.1 Å². The minimum atomic E-state index is -1.49. The summed E-state index contributed by atoms with van der Waals surface area (Å²) >= 11 is 0. The zero-order valence-electron chi connectivity index (χ0n) is 10.6. The molecule has 1 amide bonds. The highest BCUT2D eigenvalue weighted by Crippen LogP contribution is 2.29. The highest BCUT2D eigenvalue weighted by molar-refractivity contribution is 5.93. The predicted octanol–water partition coefficient (Wildman–Crippen LogP) is 1.18. The molecule has 0 aliphatic carbocycles. The predicted molar refractivity (Wildman–Crippen MR) is 66.1 cm³/mol. The van der Waals surface area contributed by atoms with Gasteiger partial charge in [0.25, 0.3) is 5.69 Å². The molecule has 0 bridgehead atoms. The largest absolute Gasteiger partial charge is 0.380 e. The molecule has 9 heteroatoms. The minimum absolute atomic E-state index is 0.0393. The van der Waals surface area contributed by atoms with E-state index in [0.29, 0.717) is 6.07 Å². The Kier molecular flexibility index (Phi) is 5.47. The molecule has 1 atom stereocenters. The number of amides is 1. The maximum absolute atomic E-state index is 13.5. The average Bonchev–Trinajstić information content (AvgIpc) is 2.41. The third-order valence-corrected chi connectivity index (χ3v) is 2.54. The van der Waals surface area contributed by atoms with Gasteiger partial charge in [0.05, 0.1) is 17.4 Å². The number of carbonyl (C=O) groups is 1. The number of anilines is 1. The van der Waals surface area contributed by atoms with Crippen molar-refractivity contribution >= 4 is 17.3 Å². The van der Waals surface area contributed by atoms with Crippen LogP contribution in [0.2, 0.25) is 0 Å². The standard InChI is InChI=1S/C11H13F2N3O4/c1-20-6(5-14)4-9(17)15-11-8(16(18)19)3-2-7(12)10(11)13/h2-3,6H,4-5,14H2,1H3,(H,15,17). The van der Waals surface area contributed by atoms with Gasteiger partial charge in [-0.05, 0) is 6.07 Å². The second-order valence-electron chi connectivity index (χ2n) is 3.86. The van der Waals surface area contributed by atoms with Gasteiger partial charge in [-0.15, -0.1) is 0 Å². The number of nitrogens with two attached hydrogens (primary N) is 1. The van der Waals surface area contributed by atoms with Crippen LogP contribution in [0.1, 0.15) is 6.42 Å². The van der Waals surface area contributed by atoms with E-state index in [1.807, 2.05) is 5.32 Å². The summed E-state index contributed by atoms with van der Waals surface area (Å²) in [4.78, 5) is 21.4. The highest BCUT2D eigenvalue weighted by Gasteiger charge is 2.24. The van der Waals surface area contributed by atoms with Gasteiger partial charge in [0.2, 0.25) is 5.91 Å². The average molecular weight is 289 g/mol. The number of benzene rings is 1. The fourth-order valence-electron chi connectivity index (χ4n) is 1.47. The van der Waals surface area contributed by atoms with E-state index in [1.54, 1.807) is 0 Å². The number of nitrogens with zero attached hydrogens (tertiary/aromatic N) is 1. The monoisotopic (exact) mass is 289 g/mol. The topological polar surface area (TPSA) is 107 Å². The molecule has 110 valence electrons. The fourth-order valence-corrected chi connectivity index (χ4v) is 1.47. The van der Waals surface area contributed by atoms with Gasteiger partial charge in [-0.1, -0.05) is 0 Å². The molecule has 0 radical (unpaired) electrons. The van der Waals surface area contributed by atoms with E-state index in [2.05, 4.69) is 0 Å². The van der Waals surface area contributed by atoms with E-state index in [-0.39, 0.29) is 13.0 Å². The maximum atomic E-state index is 13.5. The van der Waals surface area contributed by atoms with Crippen molar-refractivity contribution < 1.29 is 23.2 Å². The van der Waals surface area contributed by atoms with Gasteiger partial charge in [-0.2, -0.15) is 0 Å². The molecule has 0 fully saturated rings. The molecule has 1 aromatic carbocycles. The van der Waals surface area contributed by atoms with Crippen LogP contribution >= 0.6 is 0 Å². The number of hydrogen-bond acceptors (Lipinski definition) is 5. The molecule has 7 nitrogen and oxygen atoms in total. The molecule has 0 aromatic heterocycles. The Morgan fingerprint density at radius 2 is 2.20 bits per heavy atom. The van der Waals surface area contributed by atoms with Gasteiger partial charge in [-0.3, -0.25) is 14.9 Å². The van der Waals surface area contributed by atoms with Crippen LogP contribution in [0.15, 0.2) is 12.1 Å². The summed E-state index contributed by atoms with van der Waals surface area (Å²) < 4.78 is 31.5. The molecule has 0 heterocycles. The number of nitro benzene ring substituents is 1. The zero-order chi connectivity index (χ0) is 15.3. The number of rotatable bonds is 6. The van der Waals surface area contributed by atoms with Crippen molar-refractivity contribution in [3.8, 4) is 0 Å². The van der Waals surface area contributed by atoms with Crippen LogP contribution in [0.4, 0.5) is 20.2 Å². The Balaban J connectivity index is 2.99. The second-order valence-corrected chi connectivity index (χ2v) is 3.86. The molecule has 1 unspecified atom stereocenters. The Labute approximate surface area is 112 Å². The first kappa shape index (κ1) is 15.9. The Hall–Kier alpha value is -2.13. The van der Waals surface area contributed by atoms with Crippen LogP contribution in [-0.2, 0) is 9.53 Å². The van der Waals surface area contributed by atoms with Crippen LogP contribution in [0, 0.1) is 21.7 Å². The van der Waals surface area contributed by atoms with Crippen molar-refractivity contribution in [2.75, 3.05) is 19.0 Å². The summed E-state index contributed by atoms with van der Waals surface area (Å²) in [6.45, 7) is 0.0393. The molecule has 0 saturated carbocycles. The summed E-state index contributed by atoms with van der Waals surface area (Å²) in [5.41, 5.74) is 3.76. The molecule has 3 N–H and O–H groups in total. The molecule has 20 heavy (non-hydrogen) atoms. The van der Waals surface area contributed by atoms with E-state index in [4.69, 9.17) is 10.5 Å². The van der Waals surface area contributed by atoms with Crippen LogP contribution in [0.25, 0.3) is 0 Å². The fraction of sp³-hybridized carbons (Fsp3) is 0.364. The number of nitro groups is 1. The summed E-state index contributed by atoms with van der Waals surface area (Å²) in [5.74, 6) is -3.56. The third-order valence-electron chi connectivity index (χ3n) is 2.54. The van der Waals surface area contributed by atoms with Gasteiger partial charge in [-0.25, -0.2) is 8.78 Å². The maximum Gasteiger partial charge on any atom is 0.296 e. The number of ether oxygens (including phenoxy) is 1. The third kappa shape index (κ3) is 3.68. The number of methoxy groups -OCH3 is 1. The van der Waals surface area contributed by atoms with E-state index in [9.17, 15) is 23.7 Å². The SMILES string of the molecule is COC(CN)CC(=O)Nc1c([N+](=O)[O-])ccc(F)c1F. The zero-order valence-corrected chi connectivity index (χ0v) is 10.6. The number of hydrogen-bond donors (Lipinski definition) is 2. The first-order chi connectivity index (χ1) is 9.40. The lowest BCUT2D eigenvalue weighted by molar-refractivity contribution is -0.384. The molecule has 1 rings (SSSR count). The summed E-state index contributed by atoms with van der Waals surface area (Å²) in [6.07, 6.45) is -0.856. The molecule has 0 aliphatic heterocycles. The van der Waals surface area contributed by atoms with Crippen molar-refractivity contribution in [2.45, 2.75) is 12.5 Å². The summed E-state index contributed by atoms with van der Waals surface area (Å²) in [6, 6.07) is 1.38. The van der Waals surface area contributed by atoms with Crippen LogP contribution in [0.3, 0.4) is 0 Å². The smallest absolute Gasteiger partial charge is 0.296 e. The first-order valence-electron chi connectivity index (χ1n) is 5.55. The quantitative estimate of drug-likeness (QED) is 0.604. The molecular weight excluding hydrogens is 276 g/mol. The van der Waals surface area contributed by atoms with Crippen molar-refractivity contribution in [3.05, 3.63) is 33.9 Å². The van der Waals surface area contributed by atoms with Crippen molar-refractivity contribution in [2.24, 2.45) is 5.73 Å². The molecule has 0 aliphatic rings. The molecule has 0 saturated heterocycles. The minimum Gasteiger partial charge on any atom is -0.380 e. The lowest BCUT2D eigenvalue weighted by Gasteiger charge is -2.13. The second kappa shape index (κ2) is 6.87. The molecule has 1 aromatic rings. The number of nitrogens with one attached hydrogen (secondary N) is 1. The van der Waals surface area contributed by atoms with Crippen LogP contribution in [0.5, 0.6) is 0 Å². The lowest BCUT2D eigenvalue weighted by atomic mass is 10.2. The van der Waals surface area contributed by atoms with Gasteiger partial charge in [0.1, 0.15) is 0 Å². The van der Waals surface area contributed by atoms with Crippen molar-refractivity contribution in [3.63, 3.8) is 0 Å². The van der Waals surface area contributed by atoms with Gasteiger partial charge >= 0.3 is 0 Å². The highest BCUT2D eigenvalue weighted by atomic mass is 19.2. The Bertz CT molecular complexity index is 521. The normalized spacial score (nSPS) is 12.0. The van der Waals surface area contributed by atoms with Gasteiger partial charge in [0, 0.05) is 19.7 Å². The van der Waals surface area contributed by atoms with Gasteiger partial charge < -0.3 is 15.8 Å². The lowest BCUT2D eigenvalue weighted by Crippen LogP contribution is -2.28. The van der Waals surface area contributed by atoms with E-state index in [1.165, 1.54) is 7.11 Å². The molecular formula is C11H13F2N3O4. The Morgan fingerprint density at radius 1 is 1.55 bits per heavy atom. The van der Waals surface area contributed by atoms with Crippen molar-refractivity contribution in [1.82, 2.24) is 0 Å². The van der Waals surface area contributed by atoms with Crippen LogP contribution in [-0.4, -0.2) is 30.6 Å². The molecule has 0 spiro atoms. The van der Waals surface area contributed by atoms with Crippen molar-refractivity contribution in [1.29, 1.82) is 0 Å². The summed E-state index contributed by atoms with van der Waals surface area (Å²) in [7, 11) is 1.33. The number of halogens is 2. The Morgan fingerprint density at radius 3 is 2.70 bits per heavy atom. The van der Waals surface area contributed by atoms with E-state index in [0.717, 1.165) is 6.07 Å². The van der Waals surface area contributed by atoms with Gasteiger partial charge in [0.15, 0.2) is 17.3 Å². The number of carbonyl (C=O) groups excluding carboxylic acids is 1. The first-order valence-corrected chi connectivity index (χ1v) is 5.55. The van der Waals surface area contributed by atoms with E-state index >= 15 is 0 Å².